The number of alkyl halides is 6. The topological polar surface area (TPSA) is 108 Å². The zero-order chi connectivity index (χ0) is 26.1. The second kappa shape index (κ2) is 12.9. The van der Waals surface area contributed by atoms with Gasteiger partial charge < -0.3 is 19.5 Å². The van der Waals surface area contributed by atoms with Gasteiger partial charge in [-0.05, 0) is 19.5 Å². The van der Waals surface area contributed by atoms with Crippen LogP contribution in [0.5, 0.6) is 0 Å². The maximum Gasteiger partial charge on any atom is 0.490 e. The molecule has 15 heteroatoms. The molecule has 2 aliphatic rings. The number of carboxylic acids is 2. The summed E-state index contributed by atoms with van der Waals surface area (Å²) in [5, 5.41) is 14.2. The Morgan fingerprint density at radius 3 is 2.03 bits per heavy atom. The SMILES string of the molecule is CCN(CC)Cc1cn2c(n1)CN(C1CCOC1)CC2.O=C(O)C(F)(F)F.O=C(O)C(F)(F)F. The summed E-state index contributed by atoms with van der Waals surface area (Å²) in [6.45, 7) is 12.6. The minimum Gasteiger partial charge on any atom is -0.475 e. The molecule has 196 valence electrons. The Labute approximate surface area is 191 Å². The summed E-state index contributed by atoms with van der Waals surface area (Å²) in [5.41, 5.74) is 1.22. The number of nitrogens with zero attached hydrogens (tertiary/aromatic N) is 4. The lowest BCUT2D eigenvalue weighted by atomic mass is 10.2. The van der Waals surface area contributed by atoms with Crippen LogP contribution in [0, 0.1) is 0 Å². The van der Waals surface area contributed by atoms with Crippen LogP contribution in [-0.2, 0) is 34.0 Å². The quantitative estimate of drug-likeness (QED) is 0.587. The monoisotopic (exact) mass is 506 g/mol. The number of hydrogen-bond donors (Lipinski definition) is 2. The van der Waals surface area contributed by atoms with Gasteiger partial charge in [-0.15, -0.1) is 0 Å². The third kappa shape index (κ3) is 9.85. The van der Waals surface area contributed by atoms with E-state index in [2.05, 4.69) is 34.4 Å². The Bertz CT molecular complexity index is 765. The van der Waals surface area contributed by atoms with Crippen LogP contribution in [-0.4, -0.2) is 92.7 Å². The van der Waals surface area contributed by atoms with Crippen LogP contribution in [0.15, 0.2) is 6.20 Å². The average molecular weight is 506 g/mol. The van der Waals surface area contributed by atoms with Gasteiger partial charge in [0.2, 0.25) is 0 Å². The van der Waals surface area contributed by atoms with Crippen LogP contribution in [0.3, 0.4) is 0 Å². The molecule has 1 aromatic heterocycles. The molecule has 0 radical (unpaired) electrons. The molecule has 1 atom stereocenters. The predicted octanol–water partition coefficient (Wildman–Crippen LogP) is 2.60. The molecular formula is C19H28F6N4O5. The van der Waals surface area contributed by atoms with Gasteiger partial charge in [-0.25, -0.2) is 14.6 Å². The predicted molar refractivity (Wildman–Crippen MR) is 106 cm³/mol. The number of carbonyl (C=O) groups is 2. The smallest absolute Gasteiger partial charge is 0.475 e. The lowest BCUT2D eigenvalue weighted by Gasteiger charge is -2.31. The van der Waals surface area contributed by atoms with Crippen LogP contribution >= 0.6 is 0 Å². The molecule has 0 bridgehead atoms. The van der Waals surface area contributed by atoms with Crippen LogP contribution in [0.4, 0.5) is 26.3 Å². The third-order valence-corrected chi connectivity index (χ3v) is 5.07. The number of rotatable bonds is 5. The highest BCUT2D eigenvalue weighted by molar-refractivity contribution is 5.73. The molecule has 2 aliphatic heterocycles. The van der Waals surface area contributed by atoms with E-state index < -0.39 is 24.3 Å². The lowest BCUT2D eigenvalue weighted by Crippen LogP contribution is -2.41. The third-order valence-electron chi connectivity index (χ3n) is 5.07. The van der Waals surface area contributed by atoms with Crippen molar-refractivity contribution >= 4 is 11.9 Å². The Hall–Kier alpha value is -2.39. The first kappa shape index (κ1) is 29.6. The van der Waals surface area contributed by atoms with Crippen molar-refractivity contribution in [3.63, 3.8) is 0 Å². The summed E-state index contributed by atoms with van der Waals surface area (Å²) in [6.07, 6.45) is -6.75. The highest BCUT2D eigenvalue weighted by Gasteiger charge is 2.38. The van der Waals surface area contributed by atoms with Crippen LogP contribution < -0.4 is 0 Å². The second-order valence-electron chi connectivity index (χ2n) is 7.40. The van der Waals surface area contributed by atoms with E-state index in [0.717, 1.165) is 52.5 Å². The Balaban J connectivity index is 0.000000343. The van der Waals surface area contributed by atoms with Gasteiger partial charge in [0.05, 0.1) is 18.8 Å². The van der Waals surface area contributed by atoms with Gasteiger partial charge in [-0.2, -0.15) is 26.3 Å². The molecule has 1 saturated heterocycles. The molecule has 1 unspecified atom stereocenters. The average Bonchev–Trinajstić information content (AvgIpc) is 3.40. The van der Waals surface area contributed by atoms with E-state index in [0.29, 0.717) is 6.04 Å². The molecule has 2 N–H and O–H groups in total. The van der Waals surface area contributed by atoms with Crippen molar-refractivity contribution in [1.82, 2.24) is 19.4 Å². The van der Waals surface area contributed by atoms with Gasteiger partial charge in [-0.1, -0.05) is 13.8 Å². The summed E-state index contributed by atoms with van der Waals surface area (Å²) in [4.78, 5) is 27.6. The first-order valence-electron chi connectivity index (χ1n) is 10.4. The number of aromatic nitrogens is 2. The standard InChI is InChI=1S/C15H26N4O.2C2HF3O2/c1-3-17(4-2)9-13-10-19-7-6-18(11-15(19)16-13)14-5-8-20-12-14;2*3-2(4,5)1(6)7/h10,14H,3-9,11-12H2,1-2H3;2*(H,6,7). The van der Waals surface area contributed by atoms with Crippen molar-refractivity contribution in [1.29, 1.82) is 0 Å². The minimum atomic E-state index is -5.08. The highest BCUT2D eigenvalue weighted by Crippen LogP contribution is 2.20. The van der Waals surface area contributed by atoms with Crippen molar-refractivity contribution in [2.24, 2.45) is 0 Å². The fourth-order valence-electron chi connectivity index (χ4n) is 3.20. The summed E-state index contributed by atoms with van der Waals surface area (Å²) in [7, 11) is 0. The van der Waals surface area contributed by atoms with Crippen LogP contribution in [0.1, 0.15) is 31.8 Å². The molecule has 1 aromatic rings. The molecule has 1 fully saturated rings. The molecule has 0 spiro atoms. The largest absolute Gasteiger partial charge is 0.490 e. The molecule has 0 amide bonds. The van der Waals surface area contributed by atoms with Crippen LogP contribution in [0.25, 0.3) is 0 Å². The molecular weight excluding hydrogens is 478 g/mol. The molecule has 9 nitrogen and oxygen atoms in total. The van der Waals surface area contributed by atoms with E-state index in [9.17, 15) is 26.3 Å². The number of aliphatic carboxylic acids is 2. The summed E-state index contributed by atoms with van der Waals surface area (Å²) >= 11 is 0. The van der Waals surface area contributed by atoms with Crippen molar-refractivity contribution in [2.45, 2.75) is 58.3 Å². The van der Waals surface area contributed by atoms with E-state index in [1.807, 2.05) is 0 Å². The minimum absolute atomic E-state index is 0.603. The molecule has 3 heterocycles. The van der Waals surface area contributed by atoms with Gasteiger partial charge in [0.15, 0.2) is 0 Å². The van der Waals surface area contributed by atoms with Gasteiger partial charge >= 0.3 is 24.3 Å². The molecule has 34 heavy (non-hydrogen) atoms. The maximum atomic E-state index is 10.6. The fourth-order valence-corrected chi connectivity index (χ4v) is 3.20. The first-order chi connectivity index (χ1) is 15.7. The van der Waals surface area contributed by atoms with E-state index >= 15 is 0 Å². The van der Waals surface area contributed by atoms with Crippen LogP contribution in [0.2, 0.25) is 0 Å². The molecule has 3 rings (SSSR count). The second-order valence-corrected chi connectivity index (χ2v) is 7.40. The Kier molecular flexibility index (Phi) is 11.2. The zero-order valence-corrected chi connectivity index (χ0v) is 18.7. The summed E-state index contributed by atoms with van der Waals surface area (Å²) in [5.74, 6) is -4.29. The van der Waals surface area contributed by atoms with Gasteiger partial charge in [0.1, 0.15) is 5.82 Å². The highest BCUT2D eigenvalue weighted by atomic mass is 19.4. The summed E-state index contributed by atoms with van der Waals surface area (Å²) in [6, 6.07) is 0.603. The molecule has 0 aromatic carbocycles. The number of hydrogen-bond acceptors (Lipinski definition) is 6. The Morgan fingerprint density at radius 2 is 1.62 bits per heavy atom. The number of carboxylic acid groups (broad SMARTS) is 2. The number of ether oxygens (including phenoxy) is 1. The van der Waals surface area contributed by atoms with Gasteiger partial charge in [-0.3, -0.25) is 9.80 Å². The van der Waals surface area contributed by atoms with Gasteiger partial charge in [0, 0.05) is 38.5 Å². The van der Waals surface area contributed by atoms with Gasteiger partial charge in [0.25, 0.3) is 0 Å². The van der Waals surface area contributed by atoms with Crippen molar-refractivity contribution in [3.05, 3.63) is 17.7 Å². The maximum absolute atomic E-state index is 10.6. The van der Waals surface area contributed by atoms with E-state index in [1.165, 1.54) is 17.9 Å². The normalized spacial score (nSPS) is 18.4. The van der Waals surface area contributed by atoms with E-state index in [1.54, 1.807) is 0 Å². The van der Waals surface area contributed by atoms with Crippen molar-refractivity contribution < 1.29 is 50.9 Å². The number of halogens is 6. The first-order valence-corrected chi connectivity index (χ1v) is 10.4. The number of fused-ring (bicyclic) bond motifs is 1. The van der Waals surface area contributed by atoms with Crippen molar-refractivity contribution in [2.75, 3.05) is 32.8 Å². The molecule has 0 saturated carbocycles. The lowest BCUT2D eigenvalue weighted by molar-refractivity contribution is -0.193. The fraction of sp³-hybridized carbons (Fsp3) is 0.737. The van der Waals surface area contributed by atoms with E-state index in [-0.39, 0.29) is 0 Å². The molecule has 0 aliphatic carbocycles. The van der Waals surface area contributed by atoms with Crippen molar-refractivity contribution in [3.8, 4) is 0 Å². The number of imidazole rings is 1. The summed E-state index contributed by atoms with van der Waals surface area (Å²) < 4.78 is 71.3. The Morgan fingerprint density at radius 1 is 1.09 bits per heavy atom. The van der Waals surface area contributed by atoms with E-state index in [4.69, 9.17) is 29.5 Å². The zero-order valence-electron chi connectivity index (χ0n) is 18.7.